The molecular weight excluding hydrogens is 539 g/mol. The van der Waals surface area contributed by atoms with E-state index in [1.165, 1.54) is 18.3 Å². The van der Waals surface area contributed by atoms with E-state index in [0.717, 1.165) is 55.2 Å². The number of amides is 1. The summed E-state index contributed by atoms with van der Waals surface area (Å²) < 4.78 is 22.2. The van der Waals surface area contributed by atoms with Gasteiger partial charge in [0.25, 0.3) is 0 Å². The molecule has 12 heteroatoms. The van der Waals surface area contributed by atoms with E-state index in [1.807, 2.05) is 36.5 Å². The molecule has 0 unspecified atom stereocenters. The number of halogens is 1. The maximum absolute atomic E-state index is 14.8. The molecule has 1 aliphatic heterocycles. The second kappa shape index (κ2) is 13.9. The summed E-state index contributed by atoms with van der Waals surface area (Å²) in [5.74, 6) is 0.0167. The van der Waals surface area contributed by atoms with Gasteiger partial charge in [-0.25, -0.2) is 14.2 Å². The summed E-state index contributed by atoms with van der Waals surface area (Å²) in [5, 5.41) is 17.1. The number of piperazine rings is 1. The molecule has 220 valence electrons. The second-order valence-electron chi connectivity index (χ2n) is 10.2. The first-order valence-corrected chi connectivity index (χ1v) is 13.9. The molecule has 1 fully saturated rings. The fraction of sp³-hybridized carbons (Fsp3) is 0.333. The van der Waals surface area contributed by atoms with Crippen molar-refractivity contribution in [2.45, 2.75) is 19.5 Å². The molecule has 2 aromatic carbocycles. The van der Waals surface area contributed by atoms with E-state index in [-0.39, 0.29) is 24.1 Å². The number of anilines is 3. The lowest BCUT2D eigenvalue weighted by Gasteiger charge is -2.32. The number of nitrogens with zero attached hydrogens (tertiary/aromatic N) is 7. The van der Waals surface area contributed by atoms with Gasteiger partial charge in [-0.2, -0.15) is 10.1 Å². The molecule has 0 spiro atoms. The van der Waals surface area contributed by atoms with E-state index in [4.69, 9.17) is 4.74 Å². The van der Waals surface area contributed by atoms with E-state index in [1.54, 1.807) is 23.0 Å². The summed E-state index contributed by atoms with van der Waals surface area (Å²) in [4.78, 5) is 26.6. The van der Waals surface area contributed by atoms with Crippen molar-refractivity contribution in [2.24, 2.45) is 0 Å². The first-order valence-electron chi connectivity index (χ1n) is 13.9. The molecule has 42 heavy (non-hydrogen) atoms. The van der Waals surface area contributed by atoms with Crippen LogP contribution in [0.4, 0.5) is 26.6 Å². The molecule has 0 saturated carbocycles. The average molecular weight is 575 g/mol. The smallest absolute Gasteiger partial charge is 0.413 e. The van der Waals surface area contributed by atoms with Crippen molar-refractivity contribution in [3.05, 3.63) is 90.1 Å². The topological polar surface area (TPSA) is 112 Å². The number of rotatable bonds is 12. The summed E-state index contributed by atoms with van der Waals surface area (Å²) in [7, 11) is 2.13. The van der Waals surface area contributed by atoms with Crippen molar-refractivity contribution < 1.29 is 19.0 Å². The maximum atomic E-state index is 14.8. The quantitative estimate of drug-likeness (QED) is 0.239. The number of ether oxygens (including phenoxy) is 1. The van der Waals surface area contributed by atoms with Crippen LogP contribution in [0.2, 0.25) is 0 Å². The highest BCUT2D eigenvalue weighted by atomic mass is 19.1. The summed E-state index contributed by atoms with van der Waals surface area (Å²) in [6, 6.07) is 15.6. The standard InChI is InChI=1S/C30H35FN8O3/c1-36-14-16-37(17-15-36)12-4-18-42-27-8-7-25(20-26(27)31)34-29-32-11-9-28(35-29)39(30(40)41)22-24-6-2-5-23(19-24)21-38-13-3-10-33-38/h2-3,5-11,13,19-20H,4,12,14-18,21-22H2,1H3,(H,40,41)(H,32,34,35). The van der Waals surface area contributed by atoms with Crippen LogP contribution in [0, 0.1) is 5.82 Å². The maximum Gasteiger partial charge on any atom is 0.413 e. The molecule has 5 rings (SSSR count). The number of likely N-dealkylation sites (N-methyl/N-ethyl adjacent to an activating group) is 1. The van der Waals surface area contributed by atoms with Gasteiger partial charge in [0.05, 0.1) is 19.7 Å². The van der Waals surface area contributed by atoms with E-state index in [2.05, 4.69) is 37.2 Å². The molecule has 3 heterocycles. The summed E-state index contributed by atoms with van der Waals surface area (Å²) in [6.45, 7) is 6.22. The average Bonchev–Trinajstić information content (AvgIpc) is 3.49. The van der Waals surface area contributed by atoms with Crippen LogP contribution in [0.3, 0.4) is 0 Å². The van der Waals surface area contributed by atoms with Crippen LogP contribution in [0.5, 0.6) is 5.75 Å². The predicted molar refractivity (Wildman–Crippen MR) is 158 cm³/mol. The zero-order valence-corrected chi connectivity index (χ0v) is 23.6. The Balaban J connectivity index is 1.18. The normalized spacial score (nSPS) is 14.0. The molecule has 2 N–H and O–H groups in total. The Morgan fingerprint density at radius 1 is 1.07 bits per heavy atom. The van der Waals surface area contributed by atoms with Crippen LogP contribution in [-0.4, -0.2) is 87.1 Å². The first kappa shape index (κ1) is 29.0. The minimum absolute atomic E-state index is 0.0915. The number of carboxylic acid groups (broad SMARTS) is 1. The predicted octanol–water partition coefficient (Wildman–Crippen LogP) is 4.31. The van der Waals surface area contributed by atoms with E-state index >= 15 is 0 Å². The summed E-state index contributed by atoms with van der Waals surface area (Å²) in [6.07, 6.45) is 4.71. The molecule has 0 radical (unpaired) electrons. The van der Waals surface area contributed by atoms with Crippen molar-refractivity contribution in [1.82, 2.24) is 29.5 Å². The van der Waals surface area contributed by atoms with E-state index in [0.29, 0.717) is 18.8 Å². The third-order valence-corrected chi connectivity index (χ3v) is 7.04. The molecule has 1 amide bonds. The van der Waals surface area contributed by atoms with Crippen LogP contribution in [0.25, 0.3) is 0 Å². The van der Waals surface area contributed by atoms with E-state index < -0.39 is 11.9 Å². The lowest BCUT2D eigenvalue weighted by molar-refractivity contribution is 0.145. The Kier molecular flexibility index (Phi) is 9.57. The van der Waals surface area contributed by atoms with Gasteiger partial charge in [0.2, 0.25) is 5.95 Å². The van der Waals surface area contributed by atoms with Crippen LogP contribution in [-0.2, 0) is 13.1 Å². The number of benzene rings is 2. The van der Waals surface area contributed by atoms with Gasteiger partial charge in [-0.3, -0.25) is 9.58 Å². The number of aromatic nitrogens is 4. The molecular formula is C30H35FN8O3. The Labute approximate surface area is 244 Å². The Bertz CT molecular complexity index is 1460. The number of hydrogen-bond donors (Lipinski definition) is 2. The lowest BCUT2D eigenvalue weighted by Crippen LogP contribution is -2.44. The van der Waals surface area contributed by atoms with Gasteiger partial charge in [0.15, 0.2) is 11.6 Å². The third-order valence-electron chi connectivity index (χ3n) is 7.04. The fourth-order valence-electron chi connectivity index (χ4n) is 4.76. The molecule has 0 atom stereocenters. The number of carbonyl (C=O) groups is 1. The molecule has 11 nitrogen and oxygen atoms in total. The highest BCUT2D eigenvalue weighted by Crippen LogP contribution is 2.24. The van der Waals surface area contributed by atoms with Gasteiger partial charge in [-0.1, -0.05) is 24.3 Å². The Morgan fingerprint density at radius 3 is 2.67 bits per heavy atom. The Hall–Kier alpha value is -4.55. The first-order chi connectivity index (χ1) is 20.4. The van der Waals surface area contributed by atoms with Gasteiger partial charge in [0, 0.05) is 63.1 Å². The third kappa shape index (κ3) is 8.02. The molecule has 2 aromatic heterocycles. The van der Waals surface area contributed by atoms with Gasteiger partial charge in [0.1, 0.15) is 5.82 Å². The molecule has 0 bridgehead atoms. The minimum atomic E-state index is -1.16. The van der Waals surface area contributed by atoms with Crippen molar-refractivity contribution in [3.63, 3.8) is 0 Å². The summed E-state index contributed by atoms with van der Waals surface area (Å²) in [5.41, 5.74) is 2.22. The second-order valence-corrected chi connectivity index (χ2v) is 10.2. The van der Waals surface area contributed by atoms with Gasteiger partial charge in [-0.15, -0.1) is 0 Å². The van der Waals surface area contributed by atoms with Crippen LogP contribution in [0.15, 0.2) is 73.2 Å². The highest BCUT2D eigenvalue weighted by molar-refractivity contribution is 5.84. The van der Waals surface area contributed by atoms with Crippen molar-refractivity contribution in [2.75, 3.05) is 56.6 Å². The van der Waals surface area contributed by atoms with E-state index in [9.17, 15) is 14.3 Å². The zero-order chi connectivity index (χ0) is 29.3. The minimum Gasteiger partial charge on any atom is -0.490 e. The monoisotopic (exact) mass is 574 g/mol. The lowest BCUT2D eigenvalue weighted by atomic mass is 10.1. The van der Waals surface area contributed by atoms with Crippen molar-refractivity contribution >= 4 is 23.5 Å². The number of hydrogen-bond acceptors (Lipinski definition) is 8. The molecule has 1 saturated heterocycles. The number of nitrogens with one attached hydrogen (secondary N) is 1. The van der Waals surface area contributed by atoms with Crippen LogP contribution < -0.4 is 15.0 Å². The van der Waals surface area contributed by atoms with Crippen LogP contribution >= 0.6 is 0 Å². The Morgan fingerprint density at radius 2 is 1.90 bits per heavy atom. The SMILES string of the molecule is CN1CCN(CCCOc2ccc(Nc3nccc(N(Cc4cccc(Cn5cccn5)c4)C(=O)O)n3)cc2F)CC1. The van der Waals surface area contributed by atoms with Gasteiger partial charge >= 0.3 is 6.09 Å². The molecule has 4 aromatic rings. The van der Waals surface area contributed by atoms with Gasteiger partial charge < -0.3 is 25.0 Å². The zero-order valence-electron chi connectivity index (χ0n) is 23.6. The van der Waals surface area contributed by atoms with Crippen LogP contribution in [0.1, 0.15) is 17.5 Å². The molecule has 1 aliphatic rings. The molecule has 0 aliphatic carbocycles. The van der Waals surface area contributed by atoms with Crippen molar-refractivity contribution in [1.29, 1.82) is 0 Å². The van der Waals surface area contributed by atoms with Gasteiger partial charge in [-0.05, 0) is 48.9 Å². The van der Waals surface area contributed by atoms with Crippen molar-refractivity contribution in [3.8, 4) is 5.75 Å². The largest absolute Gasteiger partial charge is 0.490 e. The summed E-state index contributed by atoms with van der Waals surface area (Å²) >= 11 is 0. The highest BCUT2D eigenvalue weighted by Gasteiger charge is 2.18. The fourth-order valence-corrected chi connectivity index (χ4v) is 4.76.